The number of hydrogen-bond donors (Lipinski definition) is 0. The van der Waals surface area contributed by atoms with E-state index in [2.05, 4.69) is 0 Å². The zero-order valence-electron chi connectivity index (χ0n) is 12.4. The van der Waals surface area contributed by atoms with Crippen LogP contribution in [0.1, 0.15) is 59.8 Å². The number of ketones is 2. The minimum atomic E-state index is -1.15. The van der Waals surface area contributed by atoms with Gasteiger partial charge in [-0.1, -0.05) is 6.42 Å². The summed E-state index contributed by atoms with van der Waals surface area (Å²) in [5.41, 5.74) is -1.77. The van der Waals surface area contributed by atoms with Gasteiger partial charge in [0.2, 0.25) is 0 Å². The second kappa shape index (κ2) is 5.85. The topological polar surface area (TPSA) is 60.4 Å². The highest BCUT2D eigenvalue weighted by atomic mass is 16.5. The van der Waals surface area contributed by atoms with Gasteiger partial charge in [-0.25, -0.2) is 0 Å². The molecule has 1 fully saturated rings. The largest absolute Gasteiger partial charge is 0.464 e. The van der Waals surface area contributed by atoms with Crippen molar-refractivity contribution in [3.05, 3.63) is 0 Å². The molecule has 0 N–H and O–H groups in total. The number of ether oxygens (including phenoxy) is 1. The summed E-state index contributed by atoms with van der Waals surface area (Å²) in [6, 6.07) is 0. The summed E-state index contributed by atoms with van der Waals surface area (Å²) in [7, 11) is 0. The molecule has 1 aliphatic rings. The summed E-state index contributed by atoms with van der Waals surface area (Å²) < 4.78 is 5.21. The lowest BCUT2D eigenvalue weighted by atomic mass is 9.76. The van der Waals surface area contributed by atoms with E-state index >= 15 is 0 Å². The third-order valence-electron chi connectivity index (χ3n) is 3.64. The third-order valence-corrected chi connectivity index (χ3v) is 3.64. The van der Waals surface area contributed by atoms with Crippen molar-refractivity contribution >= 4 is 17.5 Å². The Hall–Kier alpha value is -1.19. The van der Waals surface area contributed by atoms with Crippen molar-refractivity contribution in [2.75, 3.05) is 6.61 Å². The predicted molar refractivity (Wildman–Crippen MR) is 71.6 cm³/mol. The van der Waals surface area contributed by atoms with Crippen LogP contribution in [0.15, 0.2) is 0 Å². The molecule has 0 bridgehead atoms. The number of carbonyl (C=O) groups excluding carboxylic acids is 3. The van der Waals surface area contributed by atoms with Gasteiger partial charge in [0, 0.05) is 12.8 Å². The molecule has 0 saturated heterocycles. The van der Waals surface area contributed by atoms with Crippen LogP contribution >= 0.6 is 0 Å². The fourth-order valence-corrected chi connectivity index (χ4v) is 2.04. The lowest BCUT2D eigenvalue weighted by Crippen LogP contribution is -2.43. The number of esters is 1. The lowest BCUT2D eigenvalue weighted by Gasteiger charge is -2.29. The van der Waals surface area contributed by atoms with Crippen LogP contribution in [0.25, 0.3) is 0 Å². The van der Waals surface area contributed by atoms with Crippen LogP contribution in [0.5, 0.6) is 0 Å². The quantitative estimate of drug-likeness (QED) is 0.570. The molecule has 1 rings (SSSR count). The molecule has 4 heteroatoms. The van der Waals surface area contributed by atoms with Gasteiger partial charge in [-0.05, 0) is 40.5 Å². The Morgan fingerprint density at radius 2 is 1.58 bits per heavy atom. The van der Waals surface area contributed by atoms with Crippen molar-refractivity contribution in [1.82, 2.24) is 0 Å². The molecule has 4 nitrogen and oxygen atoms in total. The Bertz CT molecular complexity index is 358. The van der Waals surface area contributed by atoms with Crippen LogP contribution in [-0.4, -0.2) is 24.1 Å². The fraction of sp³-hybridized carbons (Fsp3) is 0.800. The summed E-state index contributed by atoms with van der Waals surface area (Å²) in [5.74, 6) is -0.575. The predicted octanol–water partition coefficient (Wildman–Crippen LogP) is 2.68. The Morgan fingerprint density at radius 1 is 1.11 bits per heavy atom. The lowest BCUT2D eigenvalue weighted by molar-refractivity contribution is -0.160. The maximum Gasteiger partial charge on any atom is 0.311 e. The van der Waals surface area contributed by atoms with Crippen LogP contribution in [0.3, 0.4) is 0 Å². The first kappa shape index (κ1) is 15.9. The van der Waals surface area contributed by atoms with E-state index in [0.29, 0.717) is 12.8 Å². The molecule has 0 unspecified atom stereocenters. The van der Waals surface area contributed by atoms with Crippen LogP contribution in [0.4, 0.5) is 0 Å². The number of rotatable bonds is 2. The van der Waals surface area contributed by atoms with E-state index in [1.165, 1.54) is 0 Å². The smallest absolute Gasteiger partial charge is 0.311 e. The van der Waals surface area contributed by atoms with Gasteiger partial charge in [0.15, 0.2) is 0 Å². The van der Waals surface area contributed by atoms with Gasteiger partial charge < -0.3 is 4.74 Å². The first-order valence-corrected chi connectivity index (χ1v) is 6.92. The van der Waals surface area contributed by atoms with Gasteiger partial charge in [0.05, 0.1) is 5.41 Å². The summed E-state index contributed by atoms with van der Waals surface area (Å²) >= 11 is 0. The van der Waals surface area contributed by atoms with Gasteiger partial charge >= 0.3 is 5.97 Å². The van der Waals surface area contributed by atoms with Crippen LogP contribution < -0.4 is 0 Å². The maximum atomic E-state index is 12.1. The molecule has 0 atom stereocenters. The zero-order valence-corrected chi connectivity index (χ0v) is 12.4. The van der Waals surface area contributed by atoms with E-state index in [1.54, 1.807) is 27.7 Å². The number of hydrogen-bond acceptors (Lipinski definition) is 4. The highest BCUT2D eigenvalue weighted by Gasteiger charge is 2.42. The summed E-state index contributed by atoms with van der Waals surface area (Å²) in [6.45, 7) is 6.73. The molecule has 0 aromatic heterocycles. The van der Waals surface area contributed by atoms with Gasteiger partial charge in [-0.3, -0.25) is 14.4 Å². The maximum absolute atomic E-state index is 12.1. The van der Waals surface area contributed by atoms with Gasteiger partial charge in [-0.2, -0.15) is 0 Å². The van der Waals surface area contributed by atoms with E-state index < -0.39 is 10.8 Å². The van der Waals surface area contributed by atoms with Crippen molar-refractivity contribution in [2.24, 2.45) is 10.8 Å². The zero-order chi connectivity index (χ0) is 14.7. The normalized spacial score (nSPS) is 20.6. The fourth-order valence-electron chi connectivity index (χ4n) is 2.04. The average Bonchev–Trinajstić information content (AvgIpc) is 2.31. The van der Waals surface area contributed by atoms with Crippen molar-refractivity contribution in [3.8, 4) is 0 Å². The standard InChI is InChI=1S/C15H24O4/c1-14(2,3)13(18)19-10-15(4)11(16)8-6-5-7-9-12(15)17/h5-10H2,1-4H3. The average molecular weight is 268 g/mol. The molecular formula is C15H24O4. The van der Waals surface area contributed by atoms with Gasteiger partial charge in [-0.15, -0.1) is 0 Å². The van der Waals surface area contributed by atoms with E-state index in [1.807, 2.05) is 0 Å². The molecule has 108 valence electrons. The summed E-state index contributed by atoms with van der Waals surface area (Å²) in [5, 5.41) is 0. The Kier molecular flexibility index (Phi) is 4.88. The Morgan fingerprint density at radius 3 is 2.00 bits per heavy atom. The third kappa shape index (κ3) is 3.88. The molecule has 0 aliphatic heterocycles. The van der Waals surface area contributed by atoms with E-state index in [9.17, 15) is 14.4 Å². The van der Waals surface area contributed by atoms with E-state index in [4.69, 9.17) is 4.74 Å². The van der Waals surface area contributed by atoms with Crippen molar-refractivity contribution in [2.45, 2.75) is 59.8 Å². The van der Waals surface area contributed by atoms with E-state index in [-0.39, 0.29) is 24.1 Å². The van der Waals surface area contributed by atoms with Crippen molar-refractivity contribution in [1.29, 1.82) is 0 Å². The molecule has 1 saturated carbocycles. The Labute approximate surface area is 114 Å². The molecule has 0 amide bonds. The number of carbonyl (C=O) groups is 3. The molecule has 0 aromatic carbocycles. The van der Waals surface area contributed by atoms with Crippen molar-refractivity contribution < 1.29 is 19.1 Å². The van der Waals surface area contributed by atoms with E-state index in [0.717, 1.165) is 19.3 Å². The first-order valence-electron chi connectivity index (χ1n) is 6.92. The molecule has 0 heterocycles. The molecule has 0 spiro atoms. The highest BCUT2D eigenvalue weighted by Crippen LogP contribution is 2.29. The molecule has 19 heavy (non-hydrogen) atoms. The molecule has 0 aromatic rings. The minimum absolute atomic E-state index is 0.0982. The molecule has 0 radical (unpaired) electrons. The summed E-state index contributed by atoms with van der Waals surface area (Å²) in [6.07, 6.45) is 3.34. The van der Waals surface area contributed by atoms with Crippen LogP contribution in [-0.2, 0) is 19.1 Å². The molecule has 1 aliphatic carbocycles. The first-order chi connectivity index (χ1) is 8.68. The second-order valence-corrected chi connectivity index (χ2v) is 6.57. The van der Waals surface area contributed by atoms with Gasteiger partial charge in [0.25, 0.3) is 0 Å². The minimum Gasteiger partial charge on any atom is -0.464 e. The van der Waals surface area contributed by atoms with Crippen LogP contribution in [0.2, 0.25) is 0 Å². The van der Waals surface area contributed by atoms with Gasteiger partial charge in [0.1, 0.15) is 23.6 Å². The summed E-state index contributed by atoms with van der Waals surface area (Å²) in [4.78, 5) is 36.1. The monoisotopic (exact) mass is 268 g/mol. The molecular weight excluding hydrogens is 244 g/mol. The SMILES string of the molecule is CC(C)(C)C(=O)OCC1(C)C(=O)CCCCCC1=O. The van der Waals surface area contributed by atoms with Crippen molar-refractivity contribution in [3.63, 3.8) is 0 Å². The Balaban J connectivity index is 2.77. The van der Waals surface area contributed by atoms with Crippen LogP contribution in [0, 0.1) is 10.8 Å². The number of Topliss-reactive ketones (excluding diaryl/α,β-unsaturated/α-hetero) is 2. The highest BCUT2D eigenvalue weighted by molar-refractivity contribution is 6.07. The second-order valence-electron chi connectivity index (χ2n) is 6.57.